The lowest BCUT2D eigenvalue weighted by atomic mass is 9.93. The molecule has 1 fully saturated rings. The average molecular weight is 191 g/mol. The molecule has 0 amide bonds. The molecule has 3 nitrogen and oxygen atoms in total. The first-order valence-electron chi connectivity index (χ1n) is 3.92. The zero-order valence-corrected chi connectivity index (χ0v) is 7.80. The minimum atomic E-state index is -0.716. The first kappa shape index (κ1) is 9.52. The van der Waals surface area contributed by atoms with E-state index >= 15 is 0 Å². The quantitative estimate of drug-likeness (QED) is 0.488. The van der Waals surface area contributed by atoms with Gasteiger partial charge in [0.2, 0.25) is 0 Å². The summed E-state index contributed by atoms with van der Waals surface area (Å²) >= 11 is 5.20. The Morgan fingerprint density at radius 1 is 1.67 bits per heavy atom. The molecule has 1 aliphatic heterocycles. The van der Waals surface area contributed by atoms with Gasteiger partial charge < -0.3 is 4.74 Å². The predicted molar refractivity (Wildman–Crippen MR) is 43.7 cm³/mol. The van der Waals surface area contributed by atoms with Crippen molar-refractivity contribution in [1.29, 1.82) is 0 Å². The number of carbonyl (C=O) groups excluding carboxylic acids is 2. The second-order valence-electron chi connectivity index (χ2n) is 3.32. The first-order valence-corrected chi connectivity index (χ1v) is 4.30. The van der Waals surface area contributed by atoms with Crippen LogP contribution in [0.1, 0.15) is 20.3 Å². The van der Waals surface area contributed by atoms with Crippen molar-refractivity contribution >= 4 is 22.8 Å². The fourth-order valence-corrected chi connectivity index (χ4v) is 1.42. The van der Waals surface area contributed by atoms with Gasteiger partial charge in [-0.2, -0.15) is 0 Å². The molecular weight excluding hydrogens is 180 g/mol. The second kappa shape index (κ2) is 3.44. The van der Waals surface area contributed by atoms with Gasteiger partial charge in [0.1, 0.15) is 0 Å². The van der Waals surface area contributed by atoms with Gasteiger partial charge in [-0.05, 0) is 17.5 Å². The summed E-state index contributed by atoms with van der Waals surface area (Å²) in [4.78, 5) is 21.7. The highest BCUT2D eigenvalue weighted by Crippen LogP contribution is 2.28. The van der Waals surface area contributed by atoms with E-state index in [1.54, 1.807) is 0 Å². The first-order chi connectivity index (χ1) is 5.52. The molecule has 0 unspecified atom stereocenters. The molecule has 0 N–H and O–H groups in total. The van der Waals surface area contributed by atoms with Crippen LogP contribution in [0.25, 0.3) is 0 Å². The van der Waals surface area contributed by atoms with Crippen LogP contribution in [-0.4, -0.2) is 17.3 Å². The van der Waals surface area contributed by atoms with Gasteiger partial charge in [0.25, 0.3) is 5.24 Å². The Labute approximate surface area is 76.0 Å². The molecule has 1 saturated heterocycles. The van der Waals surface area contributed by atoms with Gasteiger partial charge in [-0.1, -0.05) is 13.8 Å². The second-order valence-corrected chi connectivity index (χ2v) is 3.69. The minimum Gasteiger partial charge on any atom is -0.453 e. The maximum atomic E-state index is 11.1. The van der Waals surface area contributed by atoms with Crippen molar-refractivity contribution in [2.75, 3.05) is 0 Å². The van der Waals surface area contributed by atoms with Gasteiger partial charge in [0.05, 0.1) is 5.92 Å². The van der Waals surface area contributed by atoms with E-state index in [1.165, 1.54) is 0 Å². The number of rotatable bonds is 2. The molecule has 0 bridgehead atoms. The van der Waals surface area contributed by atoms with Gasteiger partial charge in [0, 0.05) is 6.42 Å². The van der Waals surface area contributed by atoms with Crippen molar-refractivity contribution in [1.82, 2.24) is 0 Å². The van der Waals surface area contributed by atoms with Crippen molar-refractivity contribution in [2.45, 2.75) is 26.4 Å². The average Bonchev–Trinajstić information content (AvgIpc) is 2.30. The number of halogens is 1. The monoisotopic (exact) mass is 190 g/mol. The van der Waals surface area contributed by atoms with Crippen molar-refractivity contribution < 1.29 is 14.3 Å². The van der Waals surface area contributed by atoms with E-state index in [1.807, 2.05) is 13.8 Å². The molecule has 0 radical (unpaired) electrons. The summed E-state index contributed by atoms with van der Waals surface area (Å²) in [7, 11) is 0. The molecule has 0 aromatic heterocycles. The van der Waals surface area contributed by atoms with Crippen LogP contribution in [0.3, 0.4) is 0 Å². The zero-order chi connectivity index (χ0) is 9.30. The molecule has 1 aliphatic rings. The van der Waals surface area contributed by atoms with E-state index in [2.05, 4.69) is 0 Å². The van der Waals surface area contributed by atoms with Crippen LogP contribution in [-0.2, 0) is 14.3 Å². The normalized spacial score (nSPS) is 29.2. The van der Waals surface area contributed by atoms with Gasteiger partial charge in [-0.15, -0.1) is 0 Å². The Kier molecular flexibility index (Phi) is 2.73. The van der Waals surface area contributed by atoms with Crippen LogP contribution in [0.2, 0.25) is 0 Å². The van der Waals surface area contributed by atoms with Crippen LogP contribution < -0.4 is 0 Å². The highest BCUT2D eigenvalue weighted by Gasteiger charge is 2.39. The van der Waals surface area contributed by atoms with Crippen molar-refractivity contribution in [3.05, 3.63) is 0 Å². The Balaban J connectivity index is 2.62. The van der Waals surface area contributed by atoms with E-state index < -0.39 is 11.3 Å². The highest BCUT2D eigenvalue weighted by molar-refractivity contribution is 6.64. The molecule has 4 heteroatoms. The molecular formula is C8H11ClO3. The van der Waals surface area contributed by atoms with Crippen LogP contribution in [0.4, 0.5) is 0 Å². The molecule has 1 heterocycles. The molecule has 0 aromatic carbocycles. The Hall–Kier alpha value is -0.570. The third kappa shape index (κ3) is 1.78. The topological polar surface area (TPSA) is 43.4 Å². The number of hydrogen-bond donors (Lipinski definition) is 0. The standard InChI is InChI=1S/C8H11ClO3/c1-4(2)5-3-6(7(9)10)12-8(5)11/h4-6H,3H2,1-2H3/t5-,6-/m0/s1. The van der Waals surface area contributed by atoms with E-state index in [0.717, 1.165) is 0 Å². The Bertz CT molecular complexity index is 212. The Morgan fingerprint density at radius 2 is 2.25 bits per heavy atom. The SMILES string of the molecule is CC(C)[C@@H]1C[C@@H](C(=O)Cl)OC1=O. The number of cyclic esters (lactones) is 1. The van der Waals surface area contributed by atoms with Gasteiger partial charge in [-0.3, -0.25) is 9.59 Å². The molecule has 0 spiro atoms. The van der Waals surface area contributed by atoms with E-state index in [9.17, 15) is 9.59 Å². The van der Waals surface area contributed by atoms with Crippen LogP contribution in [0, 0.1) is 11.8 Å². The fourth-order valence-electron chi connectivity index (χ4n) is 1.29. The van der Waals surface area contributed by atoms with Crippen molar-refractivity contribution in [2.24, 2.45) is 11.8 Å². The summed E-state index contributed by atoms with van der Waals surface area (Å²) in [5, 5.41) is -0.577. The lowest BCUT2D eigenvalue weighted by molar-refractivity contribution is -0.148. The van der Waals surface area contributed by atoms with E-state index in [4.69, 9.17) is 16.3 Å². The number of carbonyl (C=O) groups is 2. The summed E-state index contributed by atoms with van der Waals surface area (Å²) in [6, 6.07) is 0. The fraction of sp³-hybridized carbons (Fsp3) is 0.750. The lowest BCUT2D eigenvalue weighted by Crippen LogP contribution is -2.14. The van der Waals surface area contributed by atoms with Crippen molar-refractivity contribution in [3.8, 4) is 0 Å². The molecule has 2 atom stereocenters. The molecule has 0 aliphatic carbocycles. The molecule has 12 heavy (non-hydrogen) atoms. The number of ether oxygens (including phenoxy) is 1. The highest BCUT2D eigenvalue weighted by atomic mass is 35.5. The summed E-state index contributed by atoms with van der Waals surface area (Å²) in [6.45, 7) is 3.85. The zero-order valence-electron chi connectivity index (χ0n) is 7.04. The van der Waals surface area contributed by atoms with Crippen molar-refractivity contribution in [3.63, 3.8) is 0 Å². The van der Waals surface area contributed by atoms with E-state index in [-0.39, 0.29) is 17.8 Å². The smallest absolute Gasteiger partial charge is 0.310 e. The van der Waals surface area contributed by atoms with Gasteiger partial charge in [-0.25, -0.2) is 0 Å². The third-order valence-corrected chi connectivity index (χ3v) is 2.33. The summed E-state index contributed by atoms with van der Waals surface area (Å²) in [5.74, 6) is -0.264. The maximum absolute atomic E-state index is 11.1. The third-order valence-electron chi connectivity index (χ3n) is 2.09. The molecule has 0 saturated carbocycles. The number of hydrogen-bond acceptors (Lipinski definition) is 3. The Morgan fingerprint density at radius 3 is 2.50 bits per heavy atom. The summed E-state index contributed by atoms with van der Waals surface area (Å²) in [5.41, 5.74) is 0. The van der Waals surface area contributed by atoms with Gasteiger partial charge in [0.15, 0.2) is 6.10 Å². The van der Waals surface area contributed by atoms with Crippen LogP contribution >= 0.6 is 11.6 Å². The van der Waals surface area contributed by atoms with Gasteiger partial charge >= 0.3 is 5.97 Å². The van der Waals surface area contributed by atoms with Crippen LogP contribution in [0.5, 0.6) is 0 Å². The minimum absolute atomic E-state index is 0.169. The largest absolute Gasteiger partial charge is 0.453 e. The number of esters is 1. The summed E-state index contributed by atoms with van der Waals surface area (Å²) < 4.78 is 4.78. The summed E-state index contributed by atoms with van der Waals surface area (Å²) in [6.07, 6.45) is -0.287. The lowest BCUT2D eigenvalue weighted by Gasteiger charge is -2.07. The molecule has 0 aromatic rings. The van der Waals surface area contributed by atoms with Crippen LogP contribution in [0.15, 0.2) is 0 Å². The molecule has 68 valence electrons. The maximum Gasteiger partial charge on any atom is 0.310 e. The predicted octanol–water partition coefficient (Wildman–Crippen LogP) is 1.34. The molecule has 1 rings (SSSR count). The van der Waals surface area contributed by atoms with E-state index in [0.29, 0.717) is 6.42 Å².